The summed E-state index contributed by atoms with van der Waals surface area (Å²) in [6, 6.07) is 8.45. The summed E-state index contributed by atoms with van der Waals surface area (Å²) < 4.78 is 10.9. The first kappa shape index (κ1) is 21.5. The van der Waals surface area contributed by atoms with Crippen LogP contribution < -0.4 is 14.8 Å². The zero-order valence-electron chi connectivity index (χ0n) is 15.9. The van der Waals surface area contributed by atoms with Crippen molar-refractivity contribution in [2.45, 2.75) is 32.4 Å². The average Bonchev–Trinajstić information content (AvgIpc) is 2.62. The number of amides is 1. The monoisotopic (exact) mass is 408 g/mol. The Morgan fingerprint density at radius 3 is 2.43 bits per heavy atom. The van der Waals surface area contributed by atoms with Crippen molar-refractivity contribution in [2.24, 2.45) is 0 Å². The quantitative estimate of drug-likeness (QED) is 0.530. The summed E-state index contributed by atoms with van der Waals surface area (Å²) in [4.78, 5) is 23.1. The summed E-state index contributed by atoms with van der Waals surface area (Å²) in [5.41, 5.74) is -0.845. The fraction of sp³-hybridized carbons (Fsp3) is 0.316. The number of carbonyl (C=O) groups is 1. The van der Waals surface area contributed by atoms with Crippen LogP contribution in [-0.2, 0) is 0 Å². The van der Waals surface area contributed by atoms with Crippen LogP contribution in [0.2, 0.25) is 5.02 Å². The maximum atomic E-state index is 12.5. The smallest absolute Gasteiger partial charge is 0.313 e. The Labute approximate surface area is 167 Å². The molecule has 0 aliphatic heterocycles. The molecule has 150 valence electrons. The number of nitro groups is 1. The van der Waals surface area contributed by atoms with Gasteiger partial charge in [-0.2, -0.15) is 0 Å². The lowest BCUT2D eigenvalue weighted by molar-refractivity contribution is -0.385. The summed E-state index contributed by atoms with van der Waals surface area (Å²) in [6.45, 7) is 4.98. The molecule has 0 radical (unpaired) electrons. The first-order valence-electron chi connectivity index (χ1n) is 8.35. The van der Waals surface area contributed by atoms with Gasteiger partial charge in [0.05, 0.1) is 23.7 Å². The van der Waals surface area contributed by atoms with Crippen LogP contribution >= 0.6 is 11.6 Å². The van der Waals surface area contributed by atoms with Gasteiger partial charge >= 0.3 is 5.69 Å². The molecule has 28 heavy (non-hydrogen) atoms. The lowest BCUT2D eigenvalue weighted by atomic mass is 9.98. The fourth-order valence-corrected chi connectivity index (χ4v) is 2.37. The van der Waals surface area contributed by atoms with Gasteiger partial charge in [-0.15, -0.1) is 0 Å². The summed E-state index contributed by atoms with van der Waals surface area (Å²) in [7, 11) is 1.39. The van der Waals surface area contributed by atoms with Gasteiger partial charge in [0, 0.05) is 16.7 Å². The van der Waals surface area contributed by atoms with Crippen molar-refractivity contribution < 1.29 is 24.3 Å². The second-order valence-corrected chi connectivity index (χ2v) is 7.13. The molecule has 0 unspecified atom stereocenters. The number of benzene rings is 2. The van der Waals surface area contributed by atoms with Crippen LogP contribution in [0, 0.1) is 10.1 Å². The van der Waals surface area contributed by atoms with E-state index in [1.54, 1.807) is 20.8 Å². The largest absolute Gasteiger partial charge is 0.493 e. The molecule has 1 amide bonds. The van der Waals surface area contributed by atoms with Crippen LogP contribution in [0.3, 0.4) is 0 Å². The molecule has 0 heterocycles. The van der Waals surface area contributed by atoms with Crippen molar-refractivity contribution in [1.82, 2.24) is 5.32 Å². The number of methoxy groups -OCH3 is 1. The first-order valence-corrected chi connectivity index (χ1v) is 8.73. The molecule has 1 atom stereocenters. The Morgan fingerprint density at radius 1 is 1.21 bits per heavy atom. The Kier molecular flexibility index (Phi) is 6.48. The average molecular weight is 409 g/mol. The highest BCUT2D eigenvalue weighted by atomic mass is 35.5. The number of nitrogens with one attached hydrogen (secondary N) is 1. The van der Waals surface area contributed by atoms with Gasteiger partial charge in [0.1, 0.15) is 0 Å². The van der Waals surface area contributed by atoms with Crippen LogP contribution in [0.15, 0.2) is 36.4 Å². The van der Waals surface area contributed by atoms with Gasteiger partial charge in [0.2, 0.25) is 5.75 Å². The highest BCUT2D eigenvalue weighted by Crippen LogP contribution is 2.37. The van der Waals surface area contributed by atoms with E-state index in [1.807, 2.05) is 0 Å². The number of carbonyl (C=O) groups excluding carboxylic acids is 1. The molecule has 0 saturated carbocycles. The summed E-state index contributed by atoms with van der Waals surface area (Å²) in [5.74, 6) is -0.0145. The van der Waals surface area contributed by atoms with Crippen molar-refractivity contribution in [3.63, 3.8) is 0 Å². The molecule has 2 aromatic rings. The van der Waals surface area contributed by atoms with Gasteiger partial charge in [-0.05, 0) is 51.1 Å². The van der Waals surface area contributed by atoms with Crippen molar-refractivity contribution in [1.29, 1.82) is 0 Å². The molecule has 2 N–H and O–H groups in total. The number of aliphatic hydroxyl groups excluding tert-OH is 1. The molecule has 2 aromatic carbocycles. The van der Waals surface area contributed by atoms with Gasteiger partial charge in [-0.25, -0.2) is 0 Å². The third-order valence-electron chi connectivity index (χ3n) is 4.24. The molecule has 0 fully saturated rings. The molecule has 0 bridgehead atoms. The lowest BCUT2D eigenvalue weighted by Crippen LogP contribution is -2.50. The van der Waals surface area contributed by atoms with Crippen LogP contribution in [-0.4, -0.2) is 34.7 Å². The molecule has 8 nitrogen and oxygen atoms in total. The van der Waals surface area contributed by atoms with Gasteiger partial charge in [0.15, 0.2) is 11.5 Å². The van der Waals surface area contributed by atoms with Crippen LogP contribution in [0.25, 0.3) is 0 Å². The molecule has 0 aromatic heterocycles. The number of nitrogens with zero attached hydrogens (tertiary/aromatic N) is 1. The molecule has 0 saturated heterocycles. The van der Waals surface area contributed by atoms with E-state index >= 15 is 0 Å². The Bertz CT molecular complexity index is 898. The zero-order valence-corrected chi connectivity index (χ0v) is 16.6. The van der Waals surface area contributed by atoms with E-state index in [9.17, 15) is 20.0 Å². The Hall–Kier alpha value is -2.84. The van der Waals surface area contributed by atoms with Crippen LogP contribution in [0.4, 0.5) is 5.69 Å². The number of ether oxygens (including phenoxy) is 2. The number of hydrogen-bond acceptors (Lipinski definition) is 6. The first-order chi connectivity index (χ1) is 13.0. The minimum Gasteiger partial charge on any atom is -0.493 e. The van der Waals surface area contributed by atoms with Gasteiger partial charge in [-0.1, -0.05) is 11.6 Å². The number of nitro benzene ring substituents is 1. The van der Waals surface area contributed by atoms with Gasteiger partial charge in [0.25, 0.3) is 5.91 Å². The molecule has 0 spiro atoms. The third kappa shape index (κ3) is 4.90. The van der Waals surface area contributed by atoms with Gasteiger partial charge in [-0.3, -0.25) is 14.9 Å². The topological polar surface area (TPSA) is 111 Å². The van der Waals surface area contributed by atoms with Crippen LogP contribution in [0.1, 0.15) is 31.1 Å². The predicted octanol–water partition coefficient (Wildman–Crippen LogP) is 3.94. The Morgan fingerprint density at radius 2 is 1.86 bits per heavy atom. The molecular weight excluding hydrogens is 388 g/mol. The van der Waals surface area contributed by atoms with E-state index < -0.39 is 22.5 Å². The summed E-state index contributed by atoms with van der Waals surface area (Å²) in [6.07, 6.45) is -0.758. The normalized spacial score (nSPS) is 12.2. The highest BCUT2D eigenvalue weighted by Gasteiger charge is 2.27. The second-order valence-electron chi connectivity index (χ2n) is 6.69. The fourth-order valence-electron chi connectivity index (χ4n) is 2.20. The number of aliphatic hydroxyl groups is 1. The maximum Gasteiger partial charge on any atom is 0.313 e. The van der Waals surface area contributed by atoms with Crippen LogP contribution in [0.5, 0.6) is 17.2 Å². The lowest BCUT2D eigenvalue weighted by Gasteiger charge is -2.29. The van der Waals surface area contributed by atoms with Crippen molar-refractivity contribution in [2.75, 3.05) is 7.11 Å². The molecule has 0 aliphatic rings. The number of hydrogen-bond donors (Lipinski definition) is 2. The van der Waals surface area contributed by atoms with E-state index in [4.69, 9.17) is 21.1 Å². The van der Waals surface area contributed by atoms with E-state index in [-0.39, 0.29) is 33.5 Å². The SMILES string of the molecule is COc1cc(C(=O)NC(C)(C)[C@H](C)O)ccc1Oc1ccc(Cl)cc1[N+](=O)[O-]. The van der Waals surface area contributed by atoms with Gasteiger partial charge < -0.3 is 19.9 Å². The predicted molar refractivity (Wildman–Crippen MR) is 104 cm³/mol. The minimum absolute atomic E-state index is 0.0138. The van der Waals surface area contributed by atoms with Crippen molar-refractivity contribution >= 4 is 23.2 Å². The van der Waals surface area contributed by atoms with Crippen molar-refractivity contribution in [3.8, 4) is 17.2 Å². The molecular formula is C19H21ClN2O6. The second kappa shape index (κ2) is 8.45. The standard InChI is InChI=1S/C19H21ClN2O6/c1-11(23)19(2,3)21-18(24)12-5-7-16(17(9-12)27-4)28-15-8-6-13(20)10-14(15)22(25)26/h5-11,23H,1-4H3,(H,21,24)/t11-/m0/s1. The highest BCUT2D eigenvalue weighted by molar-refractivity contribution is 6.30. The summed E-state index contributed by atoms with van der Waals surface area (Å²) >= 11 is 5.81. The molecule has 9 heteroatoms. The maximum absolute atomic E-state index is 12.5. The van der Waals surface area contributed by atoms with E-state index in [1.165, 1.54) is 43.5 Å². The molecule has 0 aliphatic carbocycles. The van der Waals surface area contributed by atoms with E-state index in [0.29, 0.717) is 0 Å². The minimum atomic E-state index is -0.830. The zero-order chi connectivity index (χ0) is 21.1. The van der Waals surface area contributed by atoms with E-state index in [0.717, 1.165) is 0 Å². The van der Waals surface area contributed by atoms with Crippen molar-refractivity contribution in [3.05, 3.63) is 57.1 Å². The molecule has 2 rings (SSSR count). The van der Waals surface area contributed by atoms with E-state index in [2.05, 4.69) is 5.32 Å². The Balaban J connectivity index is 2.32. The number of rotatable bonds is 7. The third-order valence-corrected chi connectivity index (χ3v) is 4.48. The number of halogens is 1. The summed E-state index contributed by atoms with van der Waals surface area (Å²) in [5, 5.41) is 23.9.